The van der Waals surface area contributed by atoms with E-state index < -0.39 is 28.5 Å². The number of allylic oxidation sites excluding steroid dienone is 1. The highest BCUT2D eigenvalue weighted by molar-refractivity contribution is 9.10. The maximum Gasteiger partial charge on any atom is 0.366 e. The Morgan fingerprint density at radius 1 is 1.41 bits per heavy atom. The summed E-state index contributed by atoms with van der Waals surface area (Å²) in [4.78, 5) is 29.5. The molecule has 0 saturated carbocycles. The summed E-state index contributed by atoms with van der Waals surface area (Å²) >= 11 is 3.13. The quantitative estimate of drug-likeness (QED) is 0.758. The minimum Gasteiger partial charge on any atom is -0.396 e. The molecule has 1 aromatic heterocycles. The van der Waals surface area contributed by atoms with Crippen molar-refractivity contribution in [3.63, 3.8) is 0 Å². The van der Waals surface area contributed by atoms with Crippen molar-refractivity contribution in [3.05, 3.63) is 40.3 Å². The molecule has 0 bridgehead atoms. The second kappa shape index (κ2) is 6.63. The SMILES string of the molecule is CC1(C)CC2(C=C(N)C1=O)CN(C(=O)C(F)(F)c1ccc(Br)cn1)CCO2. The maximum absolute atomic E-state index is 14.7. The molecular weight excluding hydrogens is 424 g/mol. The number of pyridine rings is 1. The number of aromatic nitrogens is 1. The van der Waals surface area contributed by atoms with Gasteiger partial charge < -0.3 is 15.4 Å². The number of carbonyl (C=O) groups excluding carboxylic acids is 2. The van der Waals surface area contributed by atoms with Crippen LogP contribution in [0.25, 0.3) is 0 Å². The molecule has 1 aliphatic heterocycles. The third-order valence-electron chi connectivity index (χ3n) is 4.85. The summed E-state index contributed by atoms with van der Waals surface area (Å²) in [6.45, 7) is 3.44. The molecule has 1 atom stereocenters. The highest BCUT2D eigenvalue weighted by Crippen LogP contribution is 2.41. The number of ether oxygens (including phenoxy) is 1. The lowest BCUT2D eigenvalue weighted by Gasteiger charge is -2.47. The van der Waals surface area contributed by atoms with Crippen molar-refractivity contribution in [3.8, 4) is 0 Å². The molecule has 9 heteroatoms. The molecule has 27 heavy (non-hydrogen) atoms. The molecule has 1 aliphatic carbocycles. The first kappa shape index (κ1) is 19.9. The van der Waals surface area contributed by atoms with Crippen LogP contribution in [0.15, 0.2) is 34.6 Å². The average Bonchev–Trinajstić information content (AvgIpc) is 2.59. The first-order valence-electron chi connectivity index (χ1n) is 8.43. The van der Waals surface area contributed by atoms with Crippen molar-refractivity contribution >= 4 is 27.6 Å². The molecule has 3 rings (SSSR count). The number of halogens is 3. The van der Waals surface area contributed by atoms with Crippen LogP contribution < -0.4 is 5.73 Å². The molecule has 1 amide bonds. The Hall–Kier alpha value is -1.87. The van der Waals surface area contributed by atoms with E-state index >= 15 is 0 Å². The molecule has 1 aromatic rings. The molecule has 1 saturated heterocycles. The van der Waals surface area contributed by atoms with E-state index in [0.29, 0.717) is 4.47 Å². The van der Waals surface area contributed by atoms with E-state index in [4.69, 9.17) is 10.5 Å². The average molecular weight is 444 g/mol. The van der Waals surface area contributed by atoms with Crippen LogP contribution in [0.4, 0.5) is 8.78 Å². The molecule has 6 nitrogen and oxygen atoms in total. The van der Waals surface area contributed by atoms with E-state index in [9.17, 15) is 18.4 Å². The van der Waals surface area contributed by atoms with Crippen LogP contribution in [0.5, 0.6) is 0 Å². The minimum absolute atomic E-state index is 0.0226. The number of alkyl halides is 2. The van der Waals surface area contributed by atoms with Gasteiger partial charge in [-0.2, -0.15) is 8.78 Å². The van der Waals surface area contributed by atoms with Gasteiger partial charge in [0, 0.05) is 22.6 Å². The third-order valence-corrected chi connectivity index (χ3v) is 5.32. The van der Waals surface area contributed by atoms with Gasteiger partial charge in [0.15, 0.2) is 5.78 Å². The van der Waals surface area contributed by atoms with E-state index in [1.807, 2.05) is 0 Å². The summed E-state index contributed by atoms with van der Waals surface area (Å²) in [5.74, 6) is -5.33. The number of morpholine rings is 1. The summed E-state index contributed by atoms with van der Waals surface area (Å²) in [6.07, 6.45) is 2.93. The first-order chi connectivity index (χ1) is 12.5. The Morgan fingerprint density at radius 3 is 2.70 bits per heavy atom. The highest BCUT2D eigenvalue weighted by atomic mass is 79.9. The third kappa shape index (κ3) is 3.62. The predicted molar refractivity (Wildman–Crippen MR) is 96.8 cm³/mol. The van der Waals surface area contributed by atoms with Gasteiger partial charge in [-0.15, -0.1) is 0 Å². The van der Waals surface area contributed by atoms with Crippen LogP contribution in [-0.2, 0) is 20.2 Å². The van der Waals surface area contributed by atoms with Crippen molar-refractivity contribution < 1.29 is 23.1 Å². The Labute approximate surface area is 163 Å². The fraction of sp³-hybridized carbons (Fsp3) is 0.500. The number of amides is 1. The van der Waals surface area contributed by atoms with Crippen molar-refractivity contribution in [2.45, 2.75) is 31.8 Å². The summed E-state index contributed by atoms with van der Waals surface area (Å²) in [5.41, 5.74) is 3.39. The van der Waals surface area contributed by atoms with Crippen LogP contribution >= 0.6 is 15.9 Å². The van der Waals surface area contributed by atoms with Crippen LogP contribution in [0.1, 0.15) is 26.0 Å². The van der Waals surface area contributed by atoms with Crippen LogP contribution in [0.2, 0.25) is 0 Å². The van der Waals surface area contributed by atoms with E-state index in [1.54, 1.807) is 13.8 Å². The normalized spacial score (nSPS) is 25.4. The molecule has 2 N–H and O–H groups in total. The van der Waals surface area contributed by atoms with Gasteiger partial charge in [0.25, 0.3) is 5.91 Å². The Kier molecular flexibility index (Phi) is 4.88. The van der Waals surface area contributed by atoms with Crippen molar-refractivity contribution in [1.29, 1.82) is 0 Å². The zero-order valence-corrected chi connectivity index (χ0v) is 16.6. The number of ketones is 1. The maximum atomic E-state index is 14.7. The molecule has 1 unspecified atom stereocenters. The molecule has 1 fully saturated rings. The topological polar surface area (TPSA) is 85.5 Å². The molecule has 2 heterocycles. The number of rotatable bonds is 2. The zero-order valence-electron chi connectivity index (χ0n) is 15.0. The fourth-order valence-corrected chi connectivity index (χ4v) is 3.90. The number of nitrogens with two attached hydrogens (primary N) is 1. The number of nitrogens with zero attached hydrogens (tertiary/aromatic N) is 2. The lowest BCUT2D eigenvalue weighted by atomic mass is 9.71. The van der Waals surface area contributed by atoms with Gasteiger partial charge in [0.2, 0.25) is 0 Å². The molecular formula is C18H20BrF2N3O3. The van der Waals surface area contributed by atoms with Gasteiger partial charge in [-0.3, -0.25) is 14.6 Å². The van der Waals surface area contributed by atoms with Gasteiger partial charge in [-0.05, 0) is 40.6 Å². The van der Waals surface area contributed by atoms with Gasteiger partial charge in [-0.1, -0.05) is 13.8 Å². The van der Waals surface area contributed by atoms with Crippen LogP contribution in [-0.4, -0.2) is 46.9 Å². The second-order valence-electron chi connectivity index (χ2n) is 7.57. The van der Waals surface area contributed by atoms with Gasteiger partial charge >= 0.3 is 5.92 Å². The van der Waals surface area contributed by atoms with Gasteiger partial charge in [0.1, 0.15) is 11.3 Å². The number of hydrogen-bond acceptors (Lipinski definition) is 5. The van der Waals surface area contributed by atoms with Crippen molar-refractivity contribution in [2.75, 3.05) is 19.7 Å². The smallest absolute Gasteiger partial charge is 0.366 e. The minimum atomic E-state index is -3.77. The fourth-order valence-electron chi connectivity index (χ4n) is 3.66. The summed E-state index contributed by atoms with van der Waals surface area (Å²) in [6, 6.07) is 2.52. The number of Topliss-reactive ketones (excluding diaryl/α,β-unsaturated/α-hetero) is 1. The lowest BCUT2D eigenvalue weighted by molar-refractivity contribution is -0.174. The molecule has 2 aliphatic rings. The highest BCUT2D eigenvalue weighted by Gasteiger charge is 2.52. The standard InChI is InChI=1S/C18H20BrF2N3O3/c1-16(2)9-17(7-12(22)14(16)25)10-24(5-6-27-17)15(26)18(20,21)13-4-3-11(19)8-23-13/h3-4,7-8H,5-6,9-10,22H2,1-2H3. The molecule has 0 radical (unpaired) electrons. The number of carbonyl (C=O) groups is 2. The predicted octanol–water partition coefficient (Wildman–Crippen LogP) is 2.38. The monoisotopic (exact) mass is 443 g/mol. The Morgan fingerprint density at radius 2 is 2.11 bits per heavy atom. The Balaban J connectivity index is 1.87. The van der Waals surface area contributed by atoms with E-state index in [-0.39, 0.29) is 37.6 Å². The largest absolute Gasteiger partial charge is 0.396 e. The number of hydrogen-bond donors (Lipinski definition) is 1. The van der Waals surface area contributed by atoms with Crippen molar-refractivity contribution in [1.82, 2.24) is 9.88 Å². The van der Waals surface area contributed by atoms with E-state index in [1.165, 1.54) is 18.3 Å². The molecule has 146 valence electrons. The van der Waals surface area contributed by atoms with Gasteiger partial charge in [0.05, 0.1) is 18.8 Å². The van der Waals surface area contributed by atoms with Gasteiger partial charge in [-0.25, -0.2) is 0 Å². The van der Waals surface area contributed by atoms with E-state index in [2.05, 4.69) is 20.9 Å². The van der Waals surface area contributed by atoms with Crippen LogP contribution in [0, 0.1) is 5.41 Å². The Bertz CT molecular complexity index is 811. The summed E-state index contributed by atoms with van der Waals surface area (Å²) in [5, 5.41) is 0. The molecule has 0 aromatic carbocycles. The summed E-state index contributed by atoms with van der Waals surface area (Å²) in [7, 11) is 0. The van der Waals surface area contributed by atoms with E-state index in [0.717, 1.165) is 11.0 Å². The molecule has 1 spiro atoms. The first-order valence-corrected chi connectivity index (χ1v) is 9.22. The lowest BCUT2D eigenvalue weighted by Crippen LogP contribution is -2.59. The van der Waals surface area contributed by atoms with Crippen molar-refractivity contribution in [2.24, 2.45) is 11.1 Å². The summed E-state index contributed by atoms with van der Waals surface area (Å²) < 4.78 is 35.8. The zero-order chi connectivity index (χ0) is 20.0. The second-order valence-corrected chi connectivity index (χ2v) is 8.48. The van der Waals surface area contributed by atoms with Crippen LogP contribution in [0.3, 0.4) is 0 Å².